The second kappa shape index (κ2) is 8.12. The van der Waals surface area contributed by atoms with Gasteiger partial charge in [0.2, 0.25) is 5.91 Å². The summed E-state index contributed by atoms with van der Waals surface area (Å²) in [5.74, 6) is 2.31. The maximum atomic E-state index is 12.8. The Kier molecular flexibility index (Phi) is 5.03. The number of benzene rings is 2. The molecule has 0 aliphatic carbocycles. The molecule has 150 valence electrons. The Morgan fingerprint density at radius 3 is 2.67 bits per heavy atom. The highest BCUT2D eigenvalue weighted by Gasteiger charge is 2.17. The van der Waals surface area contributed by atoms with E-state index < -0.39 is 0 Å². The van der Waals surface area contributed by atoms with Crippen molar-refractivity contribution in [3.05, 3.63) is 72.9 Å². The molecule has 2 aromatic carbocycles. The van der Waals surface area contributed by atoms with Crippen molar-refractivity contribution in [1.29, 1.82) is 0 Å². The van der Waals surface area contributed by atoms with Gasteiger partial charge < -0.3 is 14.8 Å². The van der Waals surface area contributed by atoms with Crippen molar-refractivity contribution in [3.63, 3.8) is 0 Å². The minimum atomic E-state index is -0.0993. The number of pyridine rings is 1. The molecule has 3 heterocycles. The van der Waals surface area contributed by atoms with Gasteiger partial charge in [-0.05, 0) is 30.3 Å². The van der Waals surface area contributed by atoms with Gasteiger partial charge in [-0.2, -0.15) is 0 Å². The predicted octanol–water partition coefficient (Wildman–Crippen LogP) is 4.50. The largest absolute Gasteiger partial charge is 0.486 e. The second-order valence-corrected chi connectivity index (χ2v) is 7.79. The highest BCUT2D eigenvalue weighted by Crippen LogP contribution is 2.34. The number of thioether (sulfide) groups is 1. The fourth-order valence-electron chi connectivity index (χ4n) is 3.34. The van der Waals surface area contributed by atoms with Crippen molar-refractivity contribution in [2.24, 2.45) is 0 Å². The van der Waals surface area contributed by atoms with E-state index in [2.05, 4.69) is 5.32 Å². The van der Waals surface area contributed by atoms with Crippen LogP contribution in [0.3, 0.4) is 0 Å². The van der Waals surface area contributed by atoms with E-state index in [1.54, 1.807) is 0 Å². The Morgan fingerprint density at radius 2 is 1.80 bits per heavy atom. The number of nitrogens with zero attached hydrogens (tertiary/aromatic N) is 2. The molecule has 1 aliphatic rings. The third-order valence-electron chi connectivity index (χ3n) is 4.72. The zero-order chi connectivity index (χ0) is 20.3. The monoisotopic (exact) mass is 417 g/mol. The van der Waals surface area contributed by atoms with Crippen molar-refractivity contribution in [3.8, 4) is 22.8 Å². The summed E-state index contributed by atoms with van der Waals surface area (Å²) in [5.41, 5.74) is 2.49. The lowest BCUT2D eigenvalue weighted by Gasteiger charge is -2.18. The Hall–Kier alpha value is -3.45. The SMILES string of the molecule is O=C(CSc1ccc2c(c1)OCCO2)Nc1c(-c2ccccc2)nc2ccccn12. The summed E-state index contributed by atoms with van der Waals surface area (Å²) in [5, 5.41) is 3.05. The molecule has 0 saturated carbocycles. The Labute approximate surface area is 177 Å². The summed E-state index contributed by atoms with van der Waals surface area (Å²) in [4.78, 5) is 18.4. The first-order chi connectivity index (χ1) is 14.8. The number of aromatic nitrogens is 2. The van der Waals surface area contributed by atoms with Crippen LogP contribution in [0.15, 0.2) is 77.8 Å². The quantitative estimate of drug-likeness (QED) is 0.484. The molecule has 0 fully saturated rings. The summed E-state index contributed by atoms with van der Waals surface area (Å²) in [6.45, 7) is 1.10. The third kappa shape index (κ3) is 3.71. The van der Waals surface area contributed by atoms with Gasteiger partial charge in [0.25, 0.3) is 0 Å². The lowest BCUT2D eigenvalue weighted by atomic mass is 10.1. The van der Waals surface area contributed by atoms with Gasteiger partial charge in [-0.1, -0.05) is 36.4 Å². The summed E-state index contributed by atoms with van der Waals surface area (Å²) in [6, 6.07) is 21.4. The number of imidazole rings is 1. The van der Waals surface area contributed by atoms with E-state index in [0.29, 0.717) is 19.0 Å². The highest BCUT2D eigenvalue weighted by atomic mass is 32.2. The maximum Gasteiger partial charge on any atom is 0.235 e. The lowest BCUT2D eigenvalue weighted by Crippen LogP contribution is -2.16. The molecular weight excluding hydrogens is 398 g/mol. The van der Waals surface area contributed by atoms with Gasteiger partial charge in [0, 0.05) is 16.7 Å². The molecule has 7 heteroatoms. The van der Waals surface area contributed by atoms with Gasteiger partial charge in [-0.15, -0.1) is 11.8 Å². The number of fused-ring (bicyclic) bond motifs is 2. The van der Waals surface area contributed by atoms with E-state index >= 15 is 0 Å². The van der Waals surface area contributed by atoms with E-state index in [4.69, 9.17) is 14.5 Å². The average molecular weight is 417 g/mol. The Morgan fingerprint density at radius 1 is 1.00 bits per heavy atom. The number of nitrogens with one attached hydrogen (secondary N) is 1. The molecule has 1 aliphatic heterocycles. The number of amides is 1. The molecule has 0 radical (unpaired) electrons. The number of anilines is 1. The van der Waals surface area contributed by atoms with Crippen LogP contribution < -0.4 is 14.8 Å². The van der Waals surface area contributed by atoms with E-state index in [-0.39, 0.29) is 11.7 Å². The highest BCUT2D eigenvalue weighted by molar-refractivity contribution is 8.00. The molecule has 0 saturated heterocycles. The number of hydrogen-bond donors (Lipinski definition) is 1. The zero-order valence-electron chi connectivity index (χ0n) is 16.1. The van der Waals surface area contributed by atoms with Crippen LogP contribution >= 0.6 is 11.8 Å². The van der Waals surface area contributed by atoms with Crippen LogP contribution in [0.4, 0.5) is 5.82 Å². The number of rotatable bonds is 5. The molecule has 0 bridgehead atoms. The van der Waals surface area contributed by atoms with E-state index in [1.165, 1.54) is 11.8 Å². The van der Waals surface area contributed by atoms with E-state index in [1.807, 2.05) is 77.3 Å². The van der Waals surface area contributed by atoms with Gasteiger partial charge in [0.15, 0.2) is 11.5 Å². The first-order valence-corrected chi connectivity index (χ1v) is 10.6. The third-order valence-corrected chi connectivity index (χ3v) is 5.71. The molecule has 0 spiro atoms. The summed E-state index contributed by atoms with van der Waals surface area (Å²) in [7, 11) is 0. The molecule has 6 nitrogen and oxygen atoms in total. The fraction of sp³-hybridized carbons (Fsp3) is 0.130. The van der Waals surface area contributed by atoms with Crippen LogP contribution in [0.5, 0.6) is 11.5 Å². The average Bonchev–Trinajstić information content (AvgIpc) is 3.16. The number of ether oxygens (including phenoxy) is 2. The van der Waals surface area contributed by atoms with Crippen LogP contribution in [-0.4, -0.2) is 34.3 Å². The standard InChI is InChI=1S/C23H19N3O3S/c27-21(15-30-17-9-10-18-19(14-17)29-13-12-28-18)25-23-22(16-6-2-1-3-7-16)24-20-8-4-5-11-26(20)23/h1-11,14H,12-13,15H2,(H,25,27). The van der Waals surface area contributed by atoms with Crippen molar-refractivity contribution in [2.45, 2.75) is 4.90 Å². The summed E-state index contributed by atoms with van der Waals surface area (Å²) in [6.07, 6.45) is 1.90. The summed E-state index contributed by atoms with van der Waals surface area (Å²) < 4.78 is 13.1. The lowest BCUT2D eigenvalue weighted by molar-refractivity contribution is -0.113. The molecule has 1 amide bonds. The molecule has 2 aromatic heterocycles. The molecule has 0 atom stereocenters. The minimum absolute atomic E-state index is 0.0993. The Bertz CT molecular complexity index is 1210. The van der Waals surface area contributed by atoms with Crippen molar-refractivity contribution >= 4 is 29.1 Å². The van der Waals surface area contributed by atoms with Crippen LogP contribution in [0.1, 0.15) is 0 Å². The molecule has 1 N–H and O–H groups in total. The smallest absolute Gasteiger partial charge is 0.235 e. The van der Waals surface area contributed by atoms with Crippen LogP contribution in [0, 0.1) is 0 Å². The minimum Gasteiger partial charge on any atom is -0.486 e. The van der Waals surface area contributed by atoms with E-state index in [9.17, 15) is 4.79 Å². The predicted molar refractivity (Wildman–Crippen MR) is 117 cm³/mol. The molecule has 4 aromatic rings. The molecule has 5 rings (SSSR count). The topological polar surface area (TPSA) is 64.9 Å². The normalized spacial score (nSPS) is 12.7. The first kappa shape index (κ1) is 18.6. The summed E-state index contributed by atoms with van der Waals surface area (Å²) >= 11 is 1.45. The van der Waals surface area contributed by atoms with Gasteiger partial charge in [0.05, 0.1) is 5.75 Å². The van der Waals surface area contributed by atoms with Crippen molar-refractivity contribution < 1.29 is 14.3 Å². The number of hydrogen-bond acceptors (Lipinski definition) is 5. The van der Waals surface area contributed by atoms with Crippen LogP contribution in [-0.2, 0) is 4.79 Å². The molecular formula is C23H19N3O3S. The van der Waals surface area contributed by atoms with Crippen molar-refractivity contribution in [1.82, 2.24) is 9.38 Å². The molecule has 30 heavy (non-hydrogen) atoms. The zero-order valence-corrected chi connectivity index (χ0v) is 16.9. The Balaban J connectivity index is 1.36. The first-order valence-electron chi connectivity index (χ1n) is 9.63. The fourth-order valence-corrected chi connectivity index (χ4v) is 4.07. The van der Waals surface area contributed by atoms with Gasteiger partial charge >= 0.3 is 0 Å². The number of carbonyl (C=O) groups excluding carboxylic acids is 1. The second-order valence-electron chi connectivity index (χ2n) is 6.75. The van der Waals surface area contributed by atoms with Crippen LogP contribution in [0.2, 0.25) is 0 Å². The van der Waals surface area contributed by atoms with E-state index in [0.717, 1.165) is 33.3 Å². The number of carbonyl (C=O) groups is 1. The maximum absolute atomic E-state index is 12.8. The van der Waals surface area contributed by atoms with Gasteiger partial charge in [-0.3, -0.25) is 9.20 Å². The van der Waals surface area contributed by atoms with Crippen LogP contribution in [0.25, 0.3) is 16.9 Å². The van der Waals surface area contributed by atoms with Gasteiger partial charge in [-0.25, -0.2) is 4.98 Å². The van der Waals surface area contributed by atoms with Crippen molar-refractivity contribution in [2.75, 3.05) is 24.3 Å². The van der Waals surface area contributed by atoms with Gasteiger partial charge in [0.1, 0.15) is 30.4 Å². The molecule has 0 unspecified atom stereocenters.